The number of hydrogen-bond donors (Lipinski definition) is 1. The Morgan fingerprint density at radius 2 is 1.76 bits per heavy atom. The van der Waals surface area contributed by atoms with Gasteiger partial charge in [-0.3, -0.25) is 4.79 Å². The van der Waals surface area contributed by atoms with Crippen molar-refractivity contribution >= 4 is 34.8 Å². The molecule has 7 nitrogen and oxygen atoms in total. The average molecular weight is 431 g/mol. The lowest BCUT2D eigenvalue weighted by atomic mass is 10.1. The third kappa shape index (κ3) is 4.93. The predicted octanol–water partition coefficient (Wildman–Crippen LogP) is 4.05. The van der Waals surface area contributed by atoms with Gasteiger partial charge in [-0.15, -0.1) is 0 Å². The van der Waals surface area contributed by atoms with Gasteiger partial charge in [0.05, 0.1) is 6.42 Å². The van der Waals surface area contributed by atoms with Gasteiger partial charge in [0.2, 0.25) is 0 Å². The van der Waals surface area contributed by atoms with Crippen molar-refractivity contribution in [3.05, 3.63) is 70.0 Å². The van der Waals surface area contributed by atoms with Gasteiger partial charge in [0.1, 0.15) is 11.8 Å². The lowest BCUT2D eigenvalue weighted by Gasteiger charge is -2.05. The molecule has 0 unspecified atom stereocenters. The van der Waals surface area contributed by atoms with E-state index in [1.165, 1.54) is 0 Å². The van der Waals surface area contributed by atoms with Crippen LogP contribution < -0.4 is 5.32 Å². The SMILES string of the molecule is O=C(NCc1ccc(Cl)cc1)C1=NO[C@@H](Cc2noc(-c3ccc(Cl)cc3)n2)C1. The summed E-state index contributed by atoms with van der Waals surface area (Å²) in [5.74, 6) is 0.618. The Labute approximate surface area is 176 Å². The molecule has 0 saturated heterocycles. The first-order valence-corrected chi connectivity index (χ1v) is 9.66. The highest BCUT2D eigenvalue weighted by atomic mass is 35.5. The number of halogens is 2. The maximum Gasteiger partial charge on any atom is 0.269 e. The van der Waals surface area contributed by atoms with Crippen LogP contribution >= 0.6 is 23.2 Å². The van der Waals surface area contributed by atoms with Gasteiger partial charge in [-0.05, 0) is 42.0 Å². The second-order valence-corrected chi connectivity index (χ2v) is 7.38. The fourth-order valence-electron chi connectivity index (χ4n) is 2.81. The summed E-state index contributed by atoms with van der Waals surface area (Å²) in [5.41, 5.74) is 2.06. The van der Waals surface area contributed by atoms with Gasteiger partial charge in [-0.1, -0.05) is 45.6 Å². The lowest BCUT2D eigenvalue weighted by Crippen LogP contribution is -2.30. The average Bonchev–Trinajstić information content (AvgIpc) is 3.38. The minimum Gasteiger partial charge on any atom is -0.391 e. The molecule has 9 heteroatoms. The number of nitrogens with one attached hydrogen (secondary N) is 1. The zero-order chi connectivity index (χ0) is 20.2. The molecule has 29 heavy (non-hydrogen) atoms. The van der Waals surface area contributed by atoms with Crippen LogP contribution in [0, 0.1) is 0 Å². The van der Waals surface area contributed by atoms with Crippen LogP contribution in [-0.4, -0.2) is 27.9 Å². The molecule has 1 N–H and O–H groups in total. The van der Waals surface area contributed by atoms with Gasteiger partial charge in [0.15, 0.2) is 5.82 Å². The molecule has 0 spiro atoms. The van der Waals surface area contributed by atoms with Crippen molar-refractivity contribution in [3.63, 3.8) is 0 Å². The summed E-state index contributed by atoms with van der Waals surface area (Å²) < 4.78 is 5.29. The van der Waals surface area contributed by atoms with Crippen molar-refractivity contribution in [3.8, 4) is 11.5 Å². The van der Waals surface area contributed by atoms with Crippen molar-refractivity contribution in [1.29, 1.82) is 0 Å². The molecule has 1 aliphatic heterocycles. The summed E-state index contributed by atoms with van der Waals surface area (Å²) in [6.45, 7) is 0.384. The van der Waals surface area contributed by atoms with E-state index in [1.54, 1.807) is 36.4 Å². The summed E-state index contributed by atoms with van der Waals surface area (Å²) in [6.07, 6.45) is 0.438. The Hall–Kier alpha value is -2.90. The van der Waals surface area contributed by atoms with Crippen molar-refractivity contribution in [1.82, 2.24) is 15.5 Å². The van der Waals surface area contributed by atoms with Crippen molar-refractivity contribution in [2.75, 3.05) is 0 Å². The van der Waals surface area contributed by atoms with Crippen LogP contribution in [0.5, 0.6) is 0 Å². The zero-order valence-electron chi connectivity index (χ0n) is 15.1. The highest BCUT2D eigenvalue weighted by Gasteiger charge is 2.27. The summed E-state index contributed by atoms with van der Waals surface area (Å²) in [6, 6.07) is 14.4. The molecule has 0 radical (unpaired) electrons. The molecule has 0 bridgehead atoms. The molecule has 0 saturated carbocycles. The molecule has 1 aliphatic rings. The van der Waals surface area contributed by atoms with E-state index in [4.69, 9.17) is 32.6 Å². The number of nitrogens with zero attached hydrogens (tertiary/aromatic N) is 3. The largest absolute Gasteiger partial charge is 0.391 e. The summed E-state index contributed by atoms with van der Waals surface area (Å²) in [5, 5.41) is 12.0. The standard InChI is InChI=1S/C20H16Cl2N4O3/c21-14-5-1-12(2-6-14)11-23-19(27)17-9-16(28-25-17)10-18-24-20(29-26-18)13-3-7-15(22)8-4-13/h1-8,16H,9-11H2,(H,23,27)/t16-/m1/s1. The van der Waals surface area contributed by atoms with Crippen LogP contribution in [0.1, 0.15) is 17.8 Å². The van der Waals surface area contributed by atoms with Gasteiger partial charge < -0.3 is 14.7 Å². The Morgan fingerprint density at radius 3 is 2.48 bits per heavy atom. The van der Waals surface area contributed by atoms with E-state index in [1.807, 2.05) is 12.1 Å². The van der Waals surface area contributed by atoms with Gasteiger partial charge in [0.25, 0.3) is 11.8 Å². The highest BCUT2D eigenvalue weighted by molar-refractivity contribution is 6.39. The maximum absolute atomic E-state index is 12.3. The zero-order valence-corrected chi connectivity index (χ0v) is 16.7. The van der Waals surface area contributed by atoms with E-state index < -0.39 is 0 Å². The third-order valence-electron chi connectivity index (χ3n) is 4.33. The quantitative estimate of drug-likeness (QED) is 0.636. The molecule has 3 aromatic rings. The predicted molar refractivity (Wildman–Crippen MR) is 109 cm³/mol. The Balaban J connectivity index is 1.29. The van der Waals surface area contributed by atoms with E-state index in [0.29, 0.717) is 46.9 Å². The van der Waals surface area contributed by atoms with Crippen molar-refractivity contribution in [2.24, 2.45) is 5.16 Å². The highest BCUT2D eigenvalue weighted by Crippen LogP contribution is 2.21. The molecule has 4 rings (SSSR count). The van der Waals surface area contributed by atoms with Crippen molar-refractivity contribution in [2.45, 2.75) is 25.5 Å². The summed E-state index contributed by atoms with van der Waals surface area (Å²) in [7, 11) is 0. The molecule has 148 valence electrons. The monoisotopic (exact) mass is 430 g/mol. The van der Waals surface area contributed by atoms with Crippen LogP contribution in [0.25, 0.3) is 11.5 Å². The number of rotatable bonds is 6. The number of benzene rings is 2. The summed E-state index contributed by atoms with van der Waals surface area (Å²) >= 11 is 11.7. The summed E-state index contributed by atoms with van der Waals surface area (Å²) in [4.78, 5) is 22.0. The number of amides is 1. The molecule has 2 heterocycles. The lowest BCUT2D eigenvalue weighted by molar-refractivity contribution is -0.115. The van der Waals surface area contributed by atoms with Crippen LogP contribution in [0.2, 0.25) is 10.0 Å². The molecular weight excluding hydrogens is 415 g/mol. The first-order chi connectivity index (χ1) is 14.1. The molecular formula is C20H16Cl2N4O3. The molecule has 1 aromatic heterocycles. The van der Waals surface area contributed by atoms with Gasteiger partial charge in [-0.25, -0.2) is 0 Å². The van der Waals surface area contributed by atoms with Gasteiger partial charge in [-0.2, -0.15) is 4.98 Å². The van der Waals surface area contributed by atoms with Crippen LogP contribution in [-0.2, 0) is 22.6 Å². The van der Waals surface area contributed by atoms with E-state index >= 15 is 0 Å². The number of oxime groups is 1. The first-order valence-electron chi connectivity index (χ1n) is 8.90. The van der Waals surface area contributed by atoms with Crippen LogP contribution in [0.3, 0.4) is 0 Å². The smallest absolute Gasteiger partial charge is 0.269 e. The molecule has 1 amide bonds. The Kier molecular flexibility index (Phi) is 5.78. The maximum atomic E-state index is 12.3. The molecule has 0 aliphatic carbocycles. The normalized spacial score (nSPS) is 15.7. The third-order valence-corrected chi connectivity index (χ3v) is 4.83. The number of aromatic nitrogens is 2. The number of carbonyl (C=O) groups is 1. The molecule has 1 atom stereocenters. The van der Waals surface area contributed by atoms with E-state index in [2.05, 4.69) is 20.6 Å². The Bertz CT molecular complexity index is 1030. The Morgan fingerprint density at radius 1 is 1.07 bits per heavy atom. The first kappa shape index (κ1) is 19.4. The minimum atomic E-state index is -0.318. The topological polar surface area (TPSA) is 89.6 Å². The minimum absolute atomic E-state index is 0.266. The van der Waals surface area contributed by atoms with Crippen LogP contribution in [0.15, 0.2) is 58.2 Å². The fraction of sp³-hybridized carbons (Fsp3) is 0.200. The van der Waals surface area contributed by atoms with E-state index in [-0.39, 0.29) is 12.0 Å². The number of carbonyl (C=O) groups excluding carboxylic acids is 1. The fourth-order valence-corrected chi connectivity index (χ4v) is 3.06. The number of hydrogen-bond acceptors (Lipinski definition) is 6. The van der Waals surface area contributed by atoms with E-state index in [0.717, 1.165) is 11.1 Å². The molecule has 0 fully saturated rings. The van der Waals surface area contributed by atoms with Crippen molar-refractivity contribution < 1.29 is 14.2 Å². The van der Waals surface area contributed by atoms with E-state index in [9.17, 15) is 4.79 Å². The molecule has 2 aromatic carbocycles. The second kappa shape index (κ2) is 8.63. The van der Waals surface area contributed by atoms with Crippen LogP contribution in [0.4, 0.5) is 0 Å². The van der Waals surface area contributed by atoms with Gasteiger partial charge in [0, 0.05) is 28.6 Å². The second-order valence-electron chi connectivity index (χ2n) is 6.51. The van der Waals surface area contributed by atoms with Gasteiger partial charge >= 0.3 is 0 Å².